The number of anilines is 1. The van der Waals surface area contributed by atoms with Gasteiger partial charge in [0, 0.05) is 6.42 Å². The van der Waals surface area contributed by atoms with Crippen LogP contribution in [-0.2, 0) is 4.79 Å². The zero-order valence-corrected chi connectivity index (χ0v) is 7.91. The molecule has 0 radical (unpaired) electrons. The van der Waals surface area contributed by atoms with Gasteiger partial charge < -0.3 is 9.84 Å². The highest BCUT2D eigenvalue weighted by molar-refractivity contribution is 5.88. The number of hydrogen-bond donors (Lipinski definition) is 2. The molecule has 6 nitrogen and oxygen atoms in total. The number of hydrogen-bond acceptors (Lipinski definition) is 5. The second kappa shape index (κ2) is 3.75. The standard InChI is InChI=1S/C8H12N4O2/c1-5-10-8(14-12-5)11-7(13)2-6-3-9-4-6/h6,9H,2-4H2,1H3,(H,10,11,12,13). The Hall–Kier alpha value is -1.43. The predicted octanol–water partition coefficient (Wildman–Crippen LogP) is -0.0740. The molecule has 1 fully saturated rings. The van der Waals surface area contributed by atoms with Crippen molar-refractivity contribution in [3.05, 3.63) is 5.82 Å². The largest absolute Gasteiger partial charge is 0.328 e. The molecule has 6 heteroatoms. The molecule has 0 bridgehead atoms. The SMILES string of the molecule is Cc1noc(NC(=O)CC2CNC2)n1. The van der Waals surface area contributed by atoms with Crippen molar-refractivity contribution in [1.82, 2.24) is 15.5 Å². The Labute approximate surface area is 81.1 Å². The summed E-state index contributed by atoms with van der Waals surface area (Å²) < 4.78 is 4.76. The number of nitrogens with zero attached hydrogens (tertiary/aromatic N) is 2. The van der Waals surface area contributed by atoms with E-state index in [0.717, 1.165) is 13.1 Å². The van der Waals surface area contributed by atoms with Crippen molar-refractivity contribution in [2.75, 3.05) is 18.4 Å². The highest BCUT2D eigenvalue weighted by atomic mass is 16.5. The molecule has 1 aliphatic rings. The van der Waals surface area contributed by atoms with Gasteiger partial charge in [-0.05, 0) is 25.9 Å². The van der Waals surface area contributed by atoms with Gasteiger partial charge in [0.2, 0.25) is 5.91 Å². The molecule has 0 unspecified atom stereocenters. The molecule has 1 amide bonds. The second-order valence-corrected chi connectivity index (χ2v) is 3.42. The lowest BCUT2D eigenvalue weighted by atomic mass is 9.99. The van der Waals surface area contributed by atoms with E-state index < -0.39 is 0 Å². The summed E-state index contributed by atoms with van der Waals surface area (Å²) in [6.07, 6.45) is 0.508. The second-order valence-electron chi connectivity index (χ2n) is 3.42. The quantitative estimate of drug-likeness (QED) is 0.707. The van der Waals surface area contributed by atoms with Crippen LogP contribution >= 0.6 is 0 Å². The Morgan fingerprint density at radius 3 is 3.00 bits per heavy atom. The van der Waals surface area contributed by atoms with Gasteiger partial charge in [-0.1, -0.05) is 5.16 Å². The third-order valence-corrected chi connectivity index (χ3v) is 2.11. The van der Waals surface area contributed by atoms with E-state index in [2.05, 4.69) is 20.8 Å². The number of rotatable bonds is 3. The summed E-state index contributed by atoms with van der Waals surface area (Å²) in [5, 5.41) is 9.23. The fourth-order valence-corrected chi connectivity index (χ4v) is 1.27. The minimum atomic E-state index is -0.0693. The van der Waals surface area contributed by atoms with E-state index >= 15 is 0 Å². The molecule has 2 heterocycles. The van der Waals surface area contributed by atoms with Gasteiger partial charge in [0.25, 0.3) is 0 Å². The molecule has 0 aliphatic carbocycles. The minimum Gasteiger partial charge on any atom is -0.316 e. The Kier molecular flexibility index (Phi) is 2.45. The van der Waals surface area contributed by atoms with Crippen molar-refractivity contribution >= 4 is 11.9 Å². The molecular formula is C8H12N4O2. The first-order valence-electron chi connectivity index (χ1n) is 4.55. The average Bonchev–Trinajstić information content (AvgIpc) is 2.44. The summed E-state index contributed by atoms with van der Waals surface area (Å²) in [6.45, 7) is 3.53. The van der Waals surface area contributed by atoms with Crippen molar-refractivity contribution in [3.63, 3.8) is 0 Å². The van der Waals surface area contributed by atoms with Crippen LogP contribution in [0.25, 0.3) is 0 Å². The molecule has 0 spiro atoms. The highest BCUT2D eigenvalue weighted by Crippen LogP contribution is 2.10. The maximum Gasteiger partial charge on any atom is 0.328 e. The van der Waals surface area contributed by atoms with Gasteiger partial charge in [0.15, 0.2) is 5.82 Å². The van der Waals surface area contributed by atoms with Crippen molar-refractivity contribution in [2.45, 2.75) is 13.3 Å². The van der Waals surface area contributed by atoms with Crippen LogP contribution in [0.15, 0.2) is 4.52 Å². The molecule has 1 saturated heterocycles. The molecule has 2 N–H and O–H groups in total. The Balaban J connectivity index is 1.81. The third-order valence-electron chi connectivity index (χ3n) is 2.11. The minimum absolute atomic E-state index is 0.0693. The smallest absolute Gasteiger partial charge is 0.316 e. The lowest BCUT2D eigenvalue weighted by Gasteiger charge is -2.25. The lowest BCUT2D eigenvalue weighted by molar-refractivity contribution is -0.117. The summed E-state index contributed by atoms with van der Waals surface area (Å²) in [5.74, 6) is 0.893. The monoisotopic (exact) mass is 196 g/mol. The predicted molar refractivity (Wildman–Crippen MR) is 48.6 cm³/mol. The van der Waals surface area contributed by atoms with Gasteiger partial charge in [-0.3, -0.25) is 10.1 Å². The fourth-order valence-electron chi connectivity index (χ4n) is 1.27. The maximum absolute atomic E-state index is 11.4. The molecule has 76 valence electrons. The van der Waals surface area contributed by atoms with Crippen LogP contribution < -0.4 is 10.6 Å². The van der Waals surface area contributed by atoms with Gasteiger partial charge >= 0.3 is 6.01 Å². The molecule has 0 saturated carbocycles. The highest BCUT2D eigenvalue weighted by Gasteiger charge is 2.20. The fraction of sp³-hybridized carbons (Fsp3) is 0.625. The average molecular weight is 196 g/mol. The van der Waals surface area contributed by atoms with Crippen LogP contribution in [0.1, 0.15) is 12.2 Å². The van der Waals surface area contributed by atoms with E-state index in [1.807, 2.05) is 0 Å². The first-order chi connectivity index (χ1) is 6.74. The summed E-state index contributed by atoms with van der Waals surface area (Å²) in [7, 11) is 0. The van der Waals surface area contributed by atoms with E-state index in [-0.39, 0.29) is 11.9 Å². The van der Waals surface area contributed by atoms with Gasteiger partial charge in [-0.15, -0.1) is 0 Å². The van der Waals surface area contributed by atoms with Gasteiger partial charge in [-0.2, -0.15) is 4.98 Å². The molecule has 1 aromatic heterocycles. The van der Waals surface area contributed by atoms with Crippen molar-refractivity contribution in [1.29, 1.82) is 0 Å². The van der Waals surface area contributed by atoms with E-state index in [1.165, 1.54) is 0 Å². The summed E-state index contributed by atoms with van der Waals surface area (Å²) in [5.41, 5.74) is 0. The number of carbonyl (C=O) groups is 1. The van der Waals surface area contributed by atoms with E-state index in [9.17, 15) is 4.79 Å². The number of aromatic nitrogens is 2. The zero-order chi connectivity index (χ0) is 9.97. The Bertz CT molecular complexity index is 332. The first-order valence-corrected chi connectivity index (χ1v) is 4.55. The topological polar surface area (TPSA) is 80.0 Å². The third kappa shape index (κ3) is 2.08. The number of aryl methyl sites for hydroxylation is 1. The number of amides is 1. The van der Waals surface area contributed by atoms with Gasteiger partial charge in [0.1, 0.15) is 0 Å². The first kappa shape index (κ1) is 9.14. The van der Waals surface area contributed by atoms with Crippen LogP contribution in [0.4, 0.5) is 6.01 Å². The summed E-state index contributed by atoms with van der Waals surface area (Å²) in [6, 6.07) is 0.180. The lowest BCUT2D eigenvalue weighted by Crippen LogP contribution is -2.43. The van der Waals surface area contributed by atoms with Crippen molar-refractivity contribution in [3.8, 4) is 0 Å². The Morgan fingerprint density at radius 2 is 2.50 bits per heavy atom. The van der Waals surface area contributed by atoms with Gasteiger partial charge in [0.05, 0.1) is 0 Å². The number of carbonyl (C=O) groups excluding carboxylic acids is 1. The molecule has 1 aliphatic heterocycles. The normalized spacial score (nSPS) is 16.4. The molecule has 0 aromatic carbocycles. The van der Waals surface area contributed by atoms with Crippen molar-refractivity contribution in [2.24, 2.45) is 5.92 Å². The molecule has 14 heavy (non-hydrogen) atoms. The van der Waals surface area contributed by atoms with Crippen LogP contribution in [0, 0.1) is 12.8 Å². The zero-order valence-electron chi connectivity index (χ0n) is 7.91. The van der Waals surface area contributed by atoms with E-state index in [1.54, 1.807) is 6.92 Å². The van der Waals surface area contributed by atoms with Crippen molar-refractivity contribution < 1.29 is 9.32 Å². The summed E-state index contributed by atoms with van der Waals surface area (Å²) >= 11 is 0. The molecule has 0 atom stereocenters. The molecule has 2 rings (SSSR count). The van der Waals surface area contributed by atoms with Gasteiger partial charge in [-0.25, -0.2) is 0 Å². The maximum atomic E-state index is 11.4. The molecule has 1 aromatic rings. The summed E-state index contributed by atoms with van der Waals surface area (Å²) in [4.78, 5) is 15.2. The van der Waals surface area contributed by atoms with E-state index in [0.29, 0.717) is 18.2 Å². The van der Waals surface area contributed by atoms with Crippen LogP contribution in [0.5, 0.6) is 0 Å². The molecular weight excluding hydrogens is 184 g/mol. The van der Waals surface area contributed by atoms with Crippen LogP contribution in [0.3, 0.4) is 0 Å². The van der Waals surface area contributed by atoms with Crippen LogP contribution in [0.2, 0.25) is 0 Å². The Morgan fingerprint density at radius 1 is 1.71 bits per heavy atom. The van der Waals surface area contributed by atoms with Crippen LogP contribution in [-0.4, -0.2) is 29.1 Å². The van der Waals surface area contributed by atoms with E-state index in [4.69, 9.17) is 4.52 Å². The number of nitrogens with one attached hydrogen (secondary N) is 2.